The number of amides is 1. The molecule has 1 amide bonds. The second-order valence-corrected chi connectivity index (χ2v) is 14.5. The Balaban J connectivity index is 1.46. The van der Waals surface area contributed by atoms with E-state index in [1.54, 1.807) is 12.1 Å². The quantitative estimate of drug-likeness (QED) is 0.0904. The molecule has 0 spiro atoms. The van der Waals surface area contributed by atoms with Gasteiger partial charge in [-0.1, -0.05) is 112 Å². The Morgan fingerprint density at radius 2 is 1.37 bits per heavy atom. The van der Waals surface area contributed by atoms with E-state index in [1.807, 2.05) is 66.7 Å². The number of carbonyl (C=O) groups is 2. The van der Waals surface area contributed by atoms with Crippen LogP contribution in [0.15, 0.2) is 83.2 Å². The number of carboxylic acid groups (broad SMARTS) is 1. The first-order chi connectivity index (χ1) is 22.0. The summed E-state index contributed by atoms with van der Waals surface area (Å²) in [5.74, 6) is -0.437. The molecule has 1 unspecified atom stereocenters. The Morgan fingerprint density at radius 3 is 1.98 bits per heavy atom. The van der Waals surface area contributed by atoms with E-state index in [0.29, 0.717) is 27.5 Å². The topological polar surface area (TPSA) is 102 Å². The third-order valence-corrected chi connectivity index (χ3v) is 10.3. The number of carbonyl (C=O) groups excluding carboxylic acids is 1. The highest BCUT2D eigenvalue weighted by Gasteiger charge is 2.34. The monoisotopic (exact) mass is 648 g/mol. The van der Waals surface area contributed by atoms with Crippen LogP contribution in [0.2, 0.25) is 0 Å². The summed E-state index contributed by atoms with van der Waals surface area (Å²) in [6.07, 6.45) is 2.33. The van der Waals surface area contributed by atoms with Crippen LogP contribution in [0.25, 0.3) is 43.1 Å². The lowest BCUT2D eigenvalue weighted by Crippen LogP contribution is -2.40. The Morgan fingerprint density at radius 1 is 0.804 bits per heavy atom. The van der Waals surface area contributed by atoms with Crippen molar-refractivity contribution in [3.05, 3.63) is 105 Å². The number of hydrogen-bond donors (Lipinski definition) is 3. The summed E-state index contributed by atoms with van der Waals surface area (Å²) >= 11 is 7.50. The van der Waals surface area contributed by atoms with E-state index in [2.05, 4.69) is 33.0 Å². The molecule has 7 rings (SSSR count). The van der Waals surface area contributed by atoms with Crippen molar-refractivity contribution in [1.29, 1.82) is 0 Å². The largest absolute Gasteiger partial charge is 0.478 e. The second-order valence-electron chi connectivity index (χ2n) is 12.5. The van der Waals surface area contributed by atoms with Crippen LogP contribution < -0.4 is 15.8 Å². The highest BCUT2D eigenvalue weighted by molar-refractivity contribution is 8.05. The maximum Gasteiger partial charge on any atom is 0.336 e. The molecule has 1 aliphatic rings. The smallest absolute Gasteiger partial charge is 0.336 e. The van der Waals surface area contributed by atoms with Crippen LogP contribution in [0.3, 0.4) is 0 Å². The molecule has 6 aromatic carbocycles. The number of hydrogen-bond acceptors (Lipinski definition) is 5. The van der Waals surface area contributed by atoms with Gasteiger partial charge in [0.15, 0.2) is 0 Å². The van der Waals surface area contributed by atoms with Crippen molar-refractivity contribution in [3.8, 4) is 5.75 Å². The van der Waals surface area contributed by atoms with E-state index in [1.165, 1.54) is 11.8 Å². The van der Waals surface area contributed by atoms with E-state index in [4.69, 9.17) is 22.1 Å². The van der Waals surface area contributed by atoms with E-state index in [9.17, 15) is 14.7 Å². The highest BCUT2D eigenvalue weighted by atomic mass is 35.5. The lowest BCUT2D eigenvalue weighted by molar-refractivity contribution is 0.0699. The molecule has 6 aromatic rings. The first-order valence-corrected chi connectivity index (χ1v) is 16.5. The van der Waals surface area contributed by atoms with E-state index in [0.717, 1.165) is 54.5 Å². The molecule has 0 bridgehead atoms. The zero-order chi connectivity index (χ0) is 32.5. The number of anilines is 1. The van der Waals surface area contributed by atoms with Gasteiger partial charge in [0.2, 0.25) is 5.06 Å². The van der Waals surface area contributed by atoms with Gasteiger partial charge in [-0.25, -0.2) is 4.79 Å². The summed E-state index contributed by atoms with van der Waals surface area (Å²) in [7, 11) is 0. The van der Waals surface area contributed by atoms with Crippen molar-refractivity contribution in [1.82, 2.24) is 0 Å². The van der Waals surface area contributed by atoms with Crippen LogP contribution in [0.5, 0.6) is 5.75 Å². The summed E-state index contributed by atoms with van der Waals surface area (Å²) < 4.78 is 6.97. The number of nitrogens with one attached hydrogen (secondary N) is 1. The molecule has 0 saturated heterocycles. The molecular formula is C38H33ClN2O4S. The van der Waals surface area contributed by atoms with Crippen molar-refractivity contribution in [2.75, 3.05) is 5.32 Å². The van der Waals surface area contributed by atoms with Gasteiger partial charge in [0.05, 0.1) is 9.93 Å². The molecule has 0 radical (unpaired) electrons. The number of fused-ring (bicyclic) bond motifs is 2. The number of thioether (sulfide) groups is 1. The zero-order valence-corrected chi connectivity index (χ0v) is 27.5. The van der Waals surface area contributed by atoms with E-state index < -0.39 is 11.0 Å². The molecule has 0 fully saturated rings. The van der Waals surface area contributed by atoms with Crippen LogP contribution in [-0.2, 0) is 0 Å². The average molecular weight is 649 g/mol. The first kappa shape index (κ1) is 30.4. The fourth-order valence-electron chi connectivity index (χ4n) is 6.83. The lowest BCUT2D eigenvalue weighted by atomic mass is 9.86. The summed E-state index contributed by atoms with van der Waals surface area (Å²) in [6, 6.07) is 23.1. The minimum absolute atomic E-state index is 0.0790. The fourth-order valence-corrected chi connectivity index (χ4v) is 8.09. The van der Waals surface area contributed by atoms with Crippen LogP contribution >= 0.6 is 23.4 Å². The number of aromatic carboxylic acids is 1. The average Bonchev–Trinajstić information content (AvgIpc) is 3.37. The van der Waals surface area contributed by atoms with Gasteiger partial charge in [-0.2, -0.15) is 0 Å². The minimum atomic E-state index is -1.09. The van der Waals surface area contributed by atoms with Crippen LogP contribution in [0.1, 0.15) is 77.8 Å². The number of rotatable bonds is 7. The lowest BCUT2D eigenvalue weighted by Gasteiger charge is -2.26. The molecular weight excluding hydrogens is 616 g/mol. The third kappa shape index (κ3) is 4.85. The van der Waals surface area contributed by atoms with Gasteiger partial charge in [0.25, 0.3) is 5.91 Å². The summed E-state index contributed by atoms with van der Waals surface area (Å²) in [4.78, 5) is 26.9. The van der Waals surface area contributed by atoms with Crippen molar-refractivity contribution in [2.24, 2.45) is 5.73 Å². The second kappa shape index (κ2) is 11.2. The van der Waals surface area contributed by atoms with Crippen molar-refractivity contribution in [2.45, 2.75) is 51.0 Å². The SMILES string of the molecule is CC(C)c1cccc(C(C)C)c1NC(=O)c1ccc2c3cccc4c(OC5(N)CC=C(Cl)S5)ccc(c5ccc(C(=O)O)c1c52)c43. The van der Waals surface area contributed by atoms with Gasteiger partial charge >= 0.3 is 5.97 Å². The summed E-state index contributed by atoms with van der Waals surface area (Å²) in [6.45, 7) is 8.39. The highest BCUT2D eigenvalue weighted by Crippen LogP contribution is 2.47. The number of ether oxygens (including phenoxy) is 1. The van der Waals surface area contributed by atoms with Gasteiger partial charge in [0.1, 0.15) is 5.75 Å². The number of halogens is 1. The Bertz CT molecular complexity index is 2210. The maximum absolute atomic E-state index is 14.2. The molecule has 1 atom stereocenters. The fraction of sp³-hybridized carbons (Fsp3) is 0.211. The van der Waals surface area contributed by atoms with Crippen molar-refractivity contribution in [3.63, 3.8) is 0 Å². The van der Waals surface area contributed by atoms with Crippen LogP contribution in [0, 0.1) is 0 Å². The molecule has 8 heteroatoms. The first-order valence-electron chi connectivity index (χ1n) is 15.3. The molecule has 6 nitrogen and oxygen atoms in total. The number of benzene rings is 6. The van der Waals surface area contributed by atoms with Crippen molar-refractivity contribution < 1.29 is 19.4 Å². The maximum atomic E-state index is 14.2. The van der Waals surface area contributed by atoms with E-state index in [-0.39, 0.29) is 23.3 Å². The predicted molar refractivity (Wildman–Crippen MR) is 191 cm³/mol. The zero-order valence-electron chi connectivity index (χ0n) is 25.9. The molecule has 1 aliphatic heterocycles. The Kier molecular flexibility index (Phi) is 7.39. The molecule has 232 valence electrons. The molecule has 1 heterocycles. The normalized spacial score (nSPS) is 16.7. The Labute approximate surface area is 275 Å². The summed E-state index contributed by atoms with van der Waals surface area (Å²) in [5, 5.41) is 19.2. The predicted octanol–water partition coefficient (Wildman–Crippen LogP) is 10.1. The van der Waals surface area contributed by atoms with Gasteiger partial charge in [-0.15, -0.1) is 0 Å². The standard InChI is InChI=1S/C38H33ClN2O4S/c1-19(2)21-7-5-8-22(20(3)4)35(21)41-36(42)28-13-11-25-23-9-6-10-27-30(45-38(40)18-17-31(39)46-38)16-15-24(32(23)27)26-12-14-29(37(43)44)34(28)33(25)26/h5-17,19-20H,18,40H2,1-4H3,(H,41,42)(H,43,44). The molecule has 4 N–H and O–H groups in total. The van der Waals surface area contributed by atoms with Gasteiger partial charge in [-0.3, -0.25) is 10.5 Å². The van der Waals surface area contributed by atoms with Gasteiger partial charge in [0, 0.05) is 33.8 Å². The molecule has 0 aliphatic carbocycles. The molecule has 0 aromatic heterocycles. The van der Waals surface area contributed by atoms with Crippen molar-refractivity contribution >= 4 is 84.0 Å². The Hall–Kier alpha value is -4.30. The van der Waals surface area contributed by atoms with Gasteiger partial charge in [-0.05, 0) is 68.1 Å². The minimum Gasteiger partial charge on any atom is -0.478 e. The van der Waals surface area contributed by atoms with E-state index >= 15 is 0 Å². The summed E-state index contributed by atoms with van der Waals surface area (Å²) in [5.41, 5.74) is 9.79. The van der Waals surface area contributed by atoms with Gasteiger partial charge < -0.3 is 15.2 Å². The number of carboxylic acids is 1. The third-order valence-electron chi connectivity index (χ3n) is 8.93. The van der Waals surface area contributed by atoms with Crippen LogP contribution in [-0.4, -0.2) is 22.0 Å². The molecule has 46 heavy (non-hydrogen) atoms. The number of para-hydroxylation sites is 1. The number of nitrogens with two attached hydrogens (primary N) is 1. The van der Waals surface area contributed by atoms with Crippen LogP contribution in [0.4, 0.5) is 5.69 Å². The molecule has 0 saturated carbocycles.